The lowest BCUT2D eigenvalue weighted by Gasteiger charge is -2.11. The fourth-order valence-electron chi connectivity index (χ4n) is 3.27. The topological polar surface area (TPSA) is 108 Å². The van der Waals surface area contributed by atoms with Crippen LogP contribution >= 0.6 is 0 Å². The van der Waals surface area contributed by atoms with Crippen LogP contribution in [0.1, 0.15) is 11.1 Å². The van der Waals surface area contributed by atoms with Gasteiger partial charge in [-0.2, -0.15) is 4.98 Å². The molecule has 0 saturated heterocycles. The van der Waals surface area contributed by atoms with Gasteiger partial charge in [0.15, 0.2) is 5.82 Å². The molecule has 0 fully saturated rings. The molecule has 3 heterocycles. The van der Waals surface area contributed by atoms with Gasteiger partial charge in [-0.3, -0.25) is 14.9 Å². The molecule has 1 aliphatic rings. The first kappa shape index (κ1) is 17.7. The molecule has 5 rings (SSSR count). The molecule has 0 saturated carbocycles. The average Bonchev–Trinajstić information content (AvgIpc) is 3.21. The number of carbonyl (C=O) groups excluding carboxylic acids is 1. The lowest BCUT2D eigenvalue weighted by Crippen LogP contribution is -2.33. The summed E-state index contributed by atoms with van der Waals surface area (Å²) in [6.45, 7) is 0. The van der Waals surface area contributed by atoms with Gasteiger partial charge in [0.25, 0.3) is 5.91 Å². The molecule has 146 valence electrons. The van der Waals surface area contributed by atoms with E-state index in [1.807, 2.05) is 66.7 Å². The Morgan fingerprint density at radius 3 is 2.47 bits per heavy atom. The number of hydrogen-bond donors (Lipinski definition) is 3. The summed E-state index contributed by atoms with van der Waals surface area (Å²) in [6.07, 6.45) is 2.46. The number of anilines is 2. The van der Waals surface area contributed by atoms with Gasteiger partial charge >= 0.3 is 0 Å². The number of fused-ring (bicyclic) bond motifs is 1. The normalized spacial score (nSPS) is 15.5. The highest BCUT2D eigenvalue weighted by atomic mass is 16.2. The highest BCUT2D eigenvalue weighted by Gasteiger charge is 2.26. The van der Waals surface area contributed by atoms with Gasteiger partial charge in [0.05, 0.1) is 11.4 Å². The minimum atomic E-state index is -0.895. The fourth-order valence-corrected chi connectivity index (χ4v) is 3.27. The van der Waals surface area contributed by atoms with E-state index >= 15 is 0 Å². The quantitative estimate of drug-likeness (QED) is 0.492. The molecular formula is C22H17N7O. The van der Waals surface area contributed by atoms with Crippen molar-refractivity contribution in [2.24, 2.45) is 4.99 Å². The number of para-hydroxylation sites is 1. The molecule has 0 spiro atoms. The molecule has 8 nitrogen and oxygen atoms in total. The number of nitrogens with zero attached hydrogens (tertiary/aromatic N) is 4. The standard InChI is InChI=1S/C22H17N7O/c30-21-20(27-22-26-19(28-29-22)15-10-12-23-13-11-15)25-18(14-6-2-1-3-7-14)16-8-4-5-9-17(16)24-21/h1-13,20H,(H,24,30)(H2,26,27,28,29). The van der Waals surface area contributed by atoms with Gasteiger partial charge in [0.2, 0.25) is 12.1 Å². The van der Waals surface area contributed by atoms with Crippen LogP contribution < -0.4 is 10.6 Å². The molecule has 3 N–H and O–H groups in total. The lowest BCUT2D eigenvalue weighted by atomic mass is 10.0. The van der Waals surface area contributed by atoms with Crippen LogP contribution in [0.15, 0.2) is 84.1 Å². The van der Waals surface area contributed by atoms with E-state index in [0.29, 0.717) is 17.2 Å². The minimum Gasteiger partial charge on any atom is -0.323 e. The van der Waals surface area contributed by atoms with Crippen molar-refractivity contribution in [1.29, 1.82) is 0 Å². The van der Waals surface area contributed by atoms with Crippen LogP contribution in [-0.4, -0.2) is 37.9 Å². The molecule has 0 radical (unpaired) electrons. The van der Waals surface area contributed by atoms with Crippen LogP contribution in [0.25, 0.3) is 11.4 Å². The van der Waals surface area contributed by atoms with Crippen molar-refractivity contribution in [2.75, 3.05) is 10.6 Å². The zero-order chi connectivity index (χ0) is 20.3. The Labute approximate surface area is 172 Å². The van der Waals surface area contributed by atoms with Crippen LogP contribution in [0.3, 0.4) is 0 Å². The number of benzene rings is 2. The van der Waals surface area contributed by atoms with E-state index < -0.39 is 6.17 Å². The Morgan fingerprint density at radius 2 is 1.63 bits per heavy atom. The number of H-pyrrole nitrogens is 1. The summed E-state index contributed by atoms with van der Waals surface area (Å²) in [7, 11) is 0. The smallest absolute Gasteiger partial charge is 0.269 e. The third kappa shape index (κ3) is 3.42. The maximum atomic E-state index is 12.9. The molecule has 1 atom stereocenters. The predicted molar refractivity (Wildman–Crippen MR) is 114 cm³/mol. The van der Waals surface area contributed by atoms with E-state index in [1.54, 1.807) is 12.4 Å². The second kappa shape index (κ2) is 7.59. The zero-order valence-corrected chi connectivity index (χ0v) is 15.8. The van der Waals surface area contributed by atoms with E-state index in [2.05, 4.69) is 30.8 Å². The van der Waals surface area contributed by atoms with Crippen LogP contribution in [0.4, 0.5) is 11.6 Å². The second-order valence-electron chi connectivity index (χ2n) is 6.67. The van der Waals surface area contributed by atoms with Crippen molar-refractivity contribution in [3.63, 3.8) is 0 Å². The van der Waals surface area contributed by atoms with Gasteiger partial charge < -0.3 is 10.6 Å². The van der Waals surface area contributed by atoms with Crippen molar-refractivity contribution in [1.82, 2.24) is 20.2 Å². The van der Waals surface area contributed by atoms with Crippen molar-refractivity contribution in [2.45, 2.75) is 6.17 Å². The van der Waals surface area contributed by atoms with E-state index in [9.17, 15) is 4.79 Å². The van der Waals surface area contributed by atoms with Crippen molar-refractivity contribution >= 4 is 23.3 Å². The number of amides is 1. The molecule has 30 heavy (non-hydrogen) atoms. The SMILES string of the molecule is O=C1Nc2ccccc2C(c2ccccc2)=NC1Nc1n[nH]c(-c2ccncc2)n1. The molecule has 1 unspecified atom stereocenters. The highest BCUT2D eigenvalue weighted by Crippen LogP contribution is 2.24. The Balaban J connectivity index is 1.51. The van der Waals surface area contributed by atoms with Gasteiger partial charge in [-0.25, -0.2) is 4.99 Å². The van der Waals surface area contributed by atoms with Gasteiger partial charge in [-0.1, -0.05) is 48.5 Å². The Kier molecular flexibility index (Phi) is 4.49. The Hall–Kier alpha value is -4.33. The van der Waals surface area contributed by atoms with Gasteiger partial charge in [-0.15, -0.1) is 5.10 Å². The minimum absolute atomic E-state index is 0.282. The summed E-state index contributed by atoms with van der Waals surface area (Å²) >= 11 is 0. The van der Waals surface area contributed by atoms with E-state index in [-0.39, 0.29) is 11.9 Å². The molecular weight excluding hydrogens is 378 g/mol. The summed E-state index contributed by atoms with van der Waals surface area (Å²) in [5, 5.41) is 13.0. The number of nitrogens with one attached hydrogen (secondary N) is 3. The highest BCUT2D eigenvalue weighted by molar-refractivity contribution is 6.19. The van der Waals surface area contributed by atoms with Crippen LogP contribution in [0.2, 0.25) is 0 Å². The summed E-state index contributed by atoms with van der Waals surface area (Å²) in [5.74, 6) is 0.567. The van der Waals surface area contributed by atoms with Gasteiger partial charge in [-0.05, 0) is 18.2 Å². The molecule has 1 amide bonds. The number of rotatable bonds is 4. The first-order valence-corrected chi connectivity index (χ1v) is 9.41. The van der Waals surface area contributed by atoms with Crippen molar-refractivity contribution in [3.8, 4) is 11.4 Å². The summed E-state index contributed by atoms with van der Waals surface area (Å²) in [4.78, 5) is 26.0. The first-order valence-electron chi connectivity index (χ1n) is 9.41. The average molecular weight is 395 g/mol. The number of carbonyl (C=O) groups is 1. The number of aromatic amines is 1. The van der Waals surface area contributed by atoms with Gasteiger partial charge in [0.1, 0.15) is 0 Å². The third-order valence-corrected chi connectivity index (χ3v) is 4.70. The number of aromatic nitrogens is 4. The number of benzodiazepines with no additional fused rings is 1. The van der Waals surface area contributed by atoms with E-state index in [4.69, 9.17) is 4.99 Å². The van der Waals surface area contributed by atoms with E-state index in [1.165, 1.54) is 0 Å². The lowest BCUT2D eigenvalue weighted by molar-refractivity contribution is -0.116. The van der Waals surface area contributed by atoms with Gasteiger partial charge in [0, 0.05) is 29.1 Å². The van der Waals surface area contributed by atoms with E-state index in [0.717, 1.165) is 16.7 Å². The van der Waals surface area contributed by atoms with Crippen LogP contribution in [-0.2, 0) is 4.79 Å². The molecule has 4 aromatic rings. The number of aliphatic imine (C=N–C) groups is 1. The summed E-state index contributed by atoms with van der Waals surface area (Å²) in [5.41, 5.74) is 4.04. The molecule has 0 bridgehead atoms. The monoisotopic (exact) mass is 395 g/mol. The summed E-state index contributed by atoms with van der Waals surface area (Å²) < 4.78 is 0. The van der Waals surface area contributed by atoms with Crippen LogP contribution in [0.5, 0.6) is 0 Å². The molecule has 1 aliphatic heterocycles. The summed E-state index contributed by atoms with van der Waals surface area (Å²) in [6, 6.07) is 21.0. The largest absolute Gasteiger partial charge is 0.323 e. The number of hydrogen-bond acceptors (Lipinski definition) is 6. The molecule has 2 aromatic carbocycles. The predicted octanol–water partition coefficient (Wildman–Crippen LogP) is 3.09. The molecule has 2 aromatic heterocycles. The molecule has 8 heteroatoms. The molecule has 0 aliphatic carbocycles. The zero-order valence-electron chi connectivity index (χ0n) is 15.8. The third-order valence-electron chi connectivity index (χ3n) is 4.70. The van der Waals surface area contributed by atoms with Crippen LogP contribution in [0, 0.1) is 0 Å². The first-order chi connectivity index (χ1) is 14.8. The van der Waals surface area contributed by atoms with Crippen molar-refractivity contribution in [3.05, 3.63) is 90.3 Å². The maximum absolute atomic E-state index is 12.9. The second-order valence-corrected chi connectivity index (χ2v) is 6.67. The maximum Gasteiger partial charge on any atom is 0.269 e. The van der Waals surface area contributed by atoms with Crippen molar-refractivity contribution < 1.29 is 4.79 Å². The number of pyridine rings is 1. The Bertz CT molecular complexity index is 1220. The Morgan fingerprint density at radius 1 is 0.867 bits per heavy atom. The fraction of sp³-hybridized carbons (Fsp3) is 0.0455.